The molecule has 0 saturated heterocycles. The van der Waals surface area contributed by atoms with Gasteiger partial charge in [-0.2, -0.15) is 0 Å². The summed E-state index contributed by atoms with van der Waals surface area (Å²) in [6.07, 6.45) is 2.24. The third kappa shape index (κ3) is 3.44. The van der Waals surface area contributed by atoms with Crippen molar-refractivity contribution in [2.45, 2.75) is 45.1 Å². The number of nitrogens with zero attached hydrogens (tertiary/aromatic N) is 2. The second-order valence-corrected chi connectivity index (χ2v) is 6.75. The molecule has 1 spiro atoms. The summed E-state index contributed by atoms with van der Waals surface area (Å²) in [4.78, 5) is 23.8. The number of carbonyl (C=O) groups is 1. The van der Waals surface area contributed by atoms with Crippen molar-refractivity contribution < 1.29 is 24.3 Å². The van der Waals surface area contributed by atoms with Crippen molar-refractivity contribution in [1.82, 2.24) is 5.06 Å². The number of aliphatic hydroxyl groups is 1. The molecule has 1 aromatic rings. The van der Waals surface area contributed by atoms with Crippen LogP contribution in [0.1, 0.15) is 43.7 Å². The van der Waals surface area contributed by atoms with Gasteiger partial charge < -0.3 is 14.7 Å². The molecule has 1 N–H and O–H groups in total. The molecule has 7 heteroatoms. The molecule has 0 bridgehead atoms. The van der Waals surface area contributed by atoms with Gasteiger partial charge in [0.1, 0.15) is 18.4 Å². The van der Waals surface area contributed by atoms with Crippen LogP contribution in [0.5, 0.6) is 0 Å². The maximum atomic E-state index is 13.2. The van der Waals surface area contributed by atoms with Gasteiger partial charge in [-0.25, -0.2) is 9.90 Å². The lowest BCUT2D eigenvalue weighted by atomic mass is 9.79. The molecule has 1 aliphatic carbocycles. The van der Waals surface area contributed by atoms with Crippen LogP contribution in [0.25, 0.3) is 5.57 Å². The SMILES string of the molecule is CCOCON1C(=O)C(c2ccccc2C)=C(O)C12CCC(=NOC)CC2. The summed E-state index contributed by atoms with van der Waals surface area (Å²) in [5.41, 5.74) is 1.96. The van der Waals surface area contributed by atoms with Gasteiger partial charge in [0, 0.05) is 6.61 Å². The Labute approximate surface area is 159 Å². The molecule has 27 heavy (non-hydrogen) atoms. The molecule has 1 saturated carbocycles. The third-order valence-corrected chi connectivity index (χ3v) is 5.22. The fraction of sp³-hybridized carbons (Fsp3) is 0.500. The summed E-state index contributed by atoms with van der Waals surface area (Å²) in [5.74, 6) is -0.275. The van der Waals surface area contributed by atoms with Crippen LogP contribution in [0, 0.1) is 6.92 Å². The molecule has 0 unspecified atom stereocenters. The van der Waals surface area contributed by atoms with E-state index < -0.39 is 5.54 Å². The van der Waals surface area contributed by atoms with Gasteiger partial charge in [-0.05, 0) is 50.7 Å². The van der Waals surface area contributed by atoms with Crippen molar-refractivity contribution in [3.63, 3.8) is 0 Å². The number of rotatable bonds is 6. The van der Waals surface area contributed by atoms with Crippen LogP contribution in [0.3, 0.4) is 0 Å². The van der Waals surface area contributed by atoms with Crippen LogP contribution in [-0.4, -0.2) is 47.8 Å². The second-order valence-electron chi connectivity index (χ2n) is 6.75. The largest absolute Gasteiger partial charge is 0.509 e. The van der Waals surface area contributed by atoms with Gasteiger partial charge in [0.2, 0.25) is 0 Å². The first-order valence-corrected chi connectivity index (χ1v) is 9.19. The van der Waals surface area contributed by atoms with Crippen molar-refractivity contribution >= 4 is 17.2 Å². The Morgan fingerprint density at radius 3 is 2.59 bits per heavy atom. The van der Waals surface area contributed by atoms with E-state index in [-0.39, 0.29) is 18.5 Å². The minimum Gasteiger partial charge on any atom is -0.509 e. The molecule has 146 valence electrons. The maximum Gasteiger partial charge on any atom is 0.282 e. The highest BCUT2D eigenvalue weighted by atomic mass is 16.8. The predicted octanol–water partition coefficient (Wildman–Crippen LogP) is 3.35. The van der Waals surface area contributed by atoms with Gasteiger partial charge >= 0.3 is 0 Å². The van der Waals surface area contributed by atoms with E-state index in [9.17, 15) is 9.90 Å². The van der Waals surface area contributed by atoms with Gasteiger partial charge in [0.05, 0.1) is 11.3 Å². The Kier molecular flexibility index (Phi) is 5.82. The van der Waals surface area contributed by atoms with E-state index in [1.54, 1.807) is 0 Å². The average molecular weight is 374 g/mol. The third-order valence-electron chi connectivity index (χ3n) is 5.22. The van der Waals surface area contributed by atoms with Crippen molar-refractivity contribution in [1.29, 1.82) is 0 Å². The van der Waals surface area contributed by atoms with E-state index in [2.05, 4.69) is 5.16 Å². The number of aryl methyl sites for hydroxylation is 1. The average Bonchev–Trinajstić information content (AvgIpc) is 2.86. The summed E-state index contributed by atoms with van der Waals surface area (Å²) in [6, 6.07) is 7.53. The number of ether oxygens (including phenoxy) is 1. The summed E-state index contributed by atoms with van der Waals surface area (Å²) >= 11 is 0. The number of hydrogen-bond donors (Lipinski definition) is 1. The molecule has 0 aromatic heterocycles. The number of benzene rings is 1. The molecule has 0 radical (unpaired) electrons. The highest BCUT2D eigenvalue weighted by Crippen LogP contribution is 2.47. The predicted molar refractivity (Wildman–Crippen MR) is 101 cm³/mol. The topological polar surface area (TPSA) is 80.6 Å². The lowest BCUT2D eigenvalue weighted by Crippen LogP contribution is -2.51. The standard InChI is InChI=1S/C20H26N2O5/c1-4-26-13-27-22-19(24)17(16-8-6-5-7-14(16)2)18(23)20(22)11-9-15(10-12-20)21-25-3/h5-8,23H,4,9-13H2,1-3H3. The number of hydroxylamine groups is 2. The fourth-order valence-electron chi connectivity index (χ4n) is 3.79. The number of carbonyl (C=O) groups excluding carboxylic acids is 1. The number of amides is 1. The normalized spacial score (nSPS) is 22.7. The van der Waals surface area contributed by atoms with Gasteiger partial charge in [0.15, 0.2) is 6.79 Å². The molecule has 7 nitrogen and oxygen atoms in total. The molecule has 1 fully saturated rings. The minimum atomic E-state index is -0.904. The molecular weight excluding hydrogens is 348 g/mol. The lowest BCUT2D eigenvalue weighted by Gasteiger charge is -2.40. The van der Waals surface area contributed by atoms with Gasteiger partial charge in [0.25, 0.3) is 5.91 Å². The Morgan fingerprint density at radius 2 is 1.96 bits per heavy atom. The second kappa shape index (κ2) is 8.10. The Morgan fingerprint density at radius 1 is 1.26 bits per heavy atom. The number of oxime groups is 1. The quantitative estimate of drug-likeness (QED) is 0.469. The van der Waals surface area contributed by atoms with Crippen LogP contribution in [-0.2, 0) is 19.2 Å². The zero-order chi connectivity index (χ0) is 19.4. The van der Waals surface area contributed by atoms with E-state index in [0.29, 0.717) is 37.9 Å². The first-order valence-electron chi connectivity index (χ1n) is 9.19. The molecular formula is C20H26N2O5. The Hall–Kier alpha value is -2.38. The van der Waals surface area contributed by atoms with E-state index in [0.717, 1.165) is 16.8 Å². The van der Waals surface area contributed by atoms with Crippen molar-refractivity contribution in [2.24, 2.45) is 5.16 Å². The van der Waals surface area contributed by atoms with Gasteiger partial charge in [-0.15, -0.1) is 0 Å². The van der Waals surface area contributed by atoms with Crippen LogP contribution in [0.2, 0.25) is 0 Å². The van der Waals surface area contributed by atoms with Crippen LogP contribution >= 0.6 is 0 Å². The first kappa shape index (κ1) is 19.4. The molecule has 0 atom stereocenters. The van der Waals surface area contributed by atoms with E-state index in [1.807, 2.05) is 38.1 Å². The molecule has 1 amide bonds. The lowest BCUT2D eigenvalue weighted by molar-refractivity contribution is -0.250. The van der Waals surface area contributed by atoms with E-state index in [4.69, 9.17) is 14.4 Å². The molecule has 1 aromatic carbocycles. The van der Waals surface area contributed by atoms with Gasteiger partial charge in [-0.3, -0.25) is 4.79 Å². The van der Waals surface area contributed by atoms with E-state index >= 15 is 0 Å². The molecule has 3 rings (SSSR count). The Balaban J connectivity index is 2.00. The molecule has 2 aliphatic rings. The highest BCUT2D eigenvalue weighted by molar-refractivity contribution is 6.23. The summed E-state index contributed by atoms with van der Waals surface area (Å²) in [6.45, 7) is 4.21. The van der Waals surface area contributed by atoms with E-state index in [1.165, 1.54) is 12.2 Å². The minimum absolute atomic E-state index is 0.0443. The van der Waals surface area contributed by atoms with Gasteiger partial charge in [-0.1, -0.05) is 29.4 Å². The molecule has 1 heterocycles. The highest BCUT2D eigenvalue weighted by Gasteiger charge is 2.55. The molecule has 1 aliphatic heterocycles. The smallest absolute Gasteiger partial charge is 0.282 e. The van der Waals surface area contributed by atoms with Crippen molar-refractivity contribution in [2.75, 3.05) is 20.5 Å². The van der Waals surface area contributed by atoms with Crippen molar-refractivity contribution in [3.8, 4) is 0 Å². The Bertz CT molecular complexity index is 761. The maximum absolute atomic E-state index is 13.2. The zero-order valence-electron chi connectivity index (χ0n) is 16.0. The summed E-state index contributed by atoms with van der Waals surface area (Å²) < 4.78 is 5.28. The fourth-order valence-corrected chi connectivity index (χ4v) is 3.79. The first-order chi connectivity index (χ1) is 13.0. The summed E-state index contributed by atoms with van der Waals surface area (Å²) in [7, 11) is 1.52. The van der Waals surface area contributed by atoms with Crippen LogP contribution < -0.4 is 0 Å². The number of aliphatic hydroxyl groups excluding tert-OH is 1. The monoisotopic (exact) mass is 374 g/mol. The van der Waals surface area contributed by atoms with Crippen molar-refractivity contribution in [3.05, 3.63) is 41.2 Å². The summed E-state index contributed by atoms with van der Waals surface area (Å²) in [5, 5.41) is 16.5. The zero-order valence-corrected chi connectivity index (χ0v) is 16.0. The van der Waals surface area contributed by atoms with Crippen LogP contribution in [0.15, 0.2) is 35.2 Å². The van der Waals surface area contributed by atoms with Crippen LogP contribution in [0.4, 0.5) is 0 Å². The number of hydrogen-bond acceptors (Lipinski definition) is 6.